The Hall–Kier alpha value is -1.09. The number of benzene rings is 2. The van der Waals surface area contributed by atoms with Crippen LogP contribution in [0.2, 0.25) is 10.0 Å². The van der Waals surface area contributed by atoms with Crippen molar-refractivity contribution in [1.82, 2.24) is 0 Å². The monoisotopic (exact) mass is 283 g/mol. The minimum atomic E-state index is -0.628. The second-order valence-corrected chi connectivity index (χ2v) is 4.93. The summed E-state index contributed by atoms with van der Waals surface area (Å²) in [5.41, 5.74) is 7.93. The van der Waals surface area contributed by atoms with Crippen molar-refractivity contribution in [3.05, 3.63) is 69.0 Å². The fourth-order valence-electron chi connectivity index (χ4n) is 1.81. The predicted octanol–water partition coefficient (Wildman–Crippen LogP) is 4.49. The molecule has 1 nitrogen and oxygen atoms in total. The first-order chi connectivity index (χ1) is 8.50. The van der Waals surface area contributed by atoms with Crippen molar-refractivity contribution in [1.29, 1.82) is 0 Å². The lowest BCUT2D eigenvalue weighted by atomic mass is 9.98. The molecule has 1 atom stereocenters. The van der Waals surface area contributed by atoms with Crippen LogP contribution >= 0.6 is 23.2 Å². The zero-order valence-corrected chi connectivity index (χ0v) is 11.3. The van der Waals surface area contributed by atoms with Crippen molar-refractivity contribution in [3.8, 4) is 0 Å². The van der Waals surface area contributed by atoms with E-state index in [2.05, 4.69) is 0 Å². The third-order valence-corrected chi connectivity index (χ3v) is 3.64. The third kappa shape index (κ3) is 2.51. The quantitative estimate of drug-likeness (QED) is 0.864. The summed E-state index contributed by atoms with van der Waals surface area (Å²) in [4.78, 5) is 0. The van der Waals surface area contributed by atoms with Crippen LogP contribution < -0.4 is 5.73 Å². The molecule has 0 saturated heterocycles. The van der Waals surface area contributed by atoms with Gasteiger partial charge in [-0.3, -0.25) is 0 Å². The van der Waals surface area contributed by atoms with Crippen LogP contribution in [0.4, 0.5) is 4.39 Å². The summed E-state index contributed by atoms with van der Waals surface area (Å²) in [6.07, 6.45) is 0. The van der Waals surface area contributed by atoms with Gasteiger partial charge in [-0.05, 0) is 30.2 Å². The Morgan fingerprint density at radius 3 is 2.50 bits per heavy atom. The van der Waals surface area contributed by atoms with Gasteiger partial charge in [0.05, 0.1) is 16.1 Å². The van der Waals surface area contributed by atoms with Gasteiger partial charge in [0.25, 0.3) is 0 Å². The van der Waals surface area contributed by atoms with E-state index in [9.17, 15) is 4.39 Å². The zero-order valence-electron chi connectivity index (χ0n) is 9.75. The fraction of sp³-hybridized carbons (Fsp3) is 0.143. The van der Waals surface area contributed by atoms with Crippen LogP contribution in [0.25, 0.3) is 0 Å². The summed E-state index contributed by atoms with van der Waals surface area (Å²) >= 11 is 12.0. The van der Waals surface area contributed by atoms with E-state index >= 15 is 0 Å². The van der Waals surface area contributed by atoms with Crippen LogP contribution in [0.5, 0.6) is 0 Å². The van der Waals surface area contributed by atoms with E-state index in [-0.39, 0.29) is 5.82 Å². The lowest BCUT2D eigenvalue weighted by Gasteiger charge is -2.16. The van der Waals surface area contributed by atoms with Crippen LogP contribution in [0, 0.1) is 12.7 Å². The molecule has 0 bridgehead atoms. The standard InChI is InChI=1S/C14H12Cl2FN/c1-8-5-6-9(12(17)7-8)14(18)10-3-2-4-11(15)13(10)16/h2-7,14H,18H2,1H3. The highest BCUT2D eigenvalue weighted by Gasteiger charge is 2.17. The number of halogens is 3. The summed E-state index contributed by atoms with van der Waals surface area (Å²) in [7, 11) is 0. The zero-order chi connectivity index (χ0) is 13.3. The average molecular weight is 284 g/mol. The van der Waals surface area contributed by atoms with E-state index in [0.717, 1.165) is 5.56 Å². The predicted molar refractivity (Wildman–Crippen MR) is 73.6 cm³/mol. The molecule has 0 aliphatic heterocycles. The Labute approximate surface area is 115 Å². The molecule has 0 saturated carbocycles. The molecular weight excluding hydrogens is 272 g/mol. The van der Waals surface area contributed by atoms with Crippen LogP contribution in [0.1, 0.15) is 22.7 Å². The minimum absolute atomic E-state index is 0.335. The normalized spacial score (nSPS) is 12.5. The van der Waals surface area contributed by atoms with E-state index in [1.807, 2.05) is 13.0 Å². The van der Waals surface area contributed by atoms with Gasteiger partial charge in [-0.25, -0.2) is 4.39 Å². The molecule has 0 aliphatic carbocycles. The van der Waals surface area contributed by atoms with Gasteiger partial charge in [-0.1, -0.05) is 47.5 Å². The molecule has 0 radical (unpaired) electrons. The Kier molecular flexibility index (Phi) is 3.91. The second-order valence-electron chi connectivity index (χ2n) is 4.15. The first-order valence-corrected chi connectivity index (χ1v) is 6.22. The molecule has 94 valence electrons. The lowest BCUT2D eigenvalue weighted by molar-refractivity contribution is 0.598. The highest BCUT2D eigenvalue weighted by Crippen LogP contribution is 2.32. The van der Waals surface area contributed by atoms with E-state index in [1.54, 1.807) is 24.3 Å². The van der Waals surface area contributed by atoms with Gasteiger partial charge in [0.15, 0.2) is 0 Å². The van der Waals surface area contributed by atoms with Gasteiger partial charge in [-0.15, -0.1) is 0 Å². The van der Waals surface area contributed by atoms with Crippen molar-refractivity contribution in [2.75, 3.05) is 0 Å². The summed E-state index contributed by atoms with van der Waals surface area (Å²) in [6.45, 7) is 1.82. The number of rotatable bonds is 2. The maximum atomic E-state index is 13.9. The molecule has 0 fully saturated rings. The summed E-state index contributed by atoms with van der Waals surface area (Å²) in [5.74, 6) is -0.335. The van der Waals surface area contributed by atoms with E-state index < -0.39 is 6.04 Å². The number of hydrogen-bond acceptors (Lipinski definition) is 1. The molecule has 0 spiro atoms. The highest BCUT2D eigenvalue weighted by molar-refractivity contribution is 6.42. The largest absolute Gasteiger partial charge is 0.320 e. The van der Waals surface area contributed by atoms with Crippen molar-refractivity contribution in [3.63, 3.8) is 0 Å². The van der Waals surface area contributed by atoms with E-state index in [4.69, 9.17) is 28.9 Å². The van der Waals surface area contributed by atoms with Gasteiger partial charge in [-0.2, -0.15) is 0 Å². The van der Waals surface area contributed by atoms with E-state index in [1.165, 1.54) is 6.07 Å². The first-order valence-electron chi connectivity index (χ1n) is 5.46. The molecule has 0 amide bonds. The number of nitrogens with two attached hydrogens (primary N) is 1. The summed E-state index contributed by atoms with van der Waals surface area (Å²) < 4.78 is 13.9. The fourth-order valence-corrected chi connectivity index (χ4v) is 2.24. The Morgan fingerprint density at radius 2 is 1.83 bits per heavy atom. The molecule has 2 rings (SSSR count). The molecule has 18 heavy (non-hydrogen) atoms. The van der Waals surface area contributed by atoms with Gasteiger partial charge in [0, 0.05) is 5.56 Å². The molecule has 1 unspecified atom stereocenters. The van der Waals surface area contributed by atoms with Crippen LogP contribution in [0.15, 0.2) is 36.4 Å². The summed E-state index contributed by atoms with van der Waals surface area (Å²) in [5, 5.41) is 0.781. The van der Waals surface area contributed by atoms with Gasteiger partial charge < -0.3 is 5.73 Å². The number of hydrogen-bond donors (Lipinski definition) is 1. The Morgan fingerprint density at radius 1 is 1.11 bits per heavy atom. The molecule has 4 heteroatoms. The molecular formula is C14H12Cl2FN. The second kappa shape index (κ2) is 5.27. The minimum Gasteiger partial charge on any atom is -0.320 e. The van der Waals surface area contributed by atoms with Crippen molar-refractivity contribution in [2.24, 2.45) is 5.73 Å². The van der Waals surface area contributed by atoms with Crippen molar-refractivity contribution < 1.29 is 4.39 Å². The summed E-state index contributed by atoms with van der Waals surface area (Å²) in [6, 6.07) is 9.48. The van der Waals surface area contributed by atoms with Gasteiger partial charge >= 0.3 is 0 Å². The smallest absolute Gasteiger partial charge is 0.128 e. The SMILES string of the molecule is Cc1ccc(C(N)c2cccc(Cl)c2Cl)c(F)c1. The number of aryl methyl sites for hydroxylation is 1. The van der Waals surface area contributed by atoms with Crippen molar-refractivity contribution in [2.45, 2.75) is 13.0 Å². The molecule has 0 aromatic heterocycles. The van der Waals surface area contributed by atoms with E-state index in [0.29, 0.717) is 21.2 Å². The Balaban J connectivity index is 2.48. The van der Waals surface area contributed by atoms with Crippen LogP contribution in [0.3, 0.4) is 0 Å². The molecule has 2 aromatic rings. The van der Waals surface area contributed by atoms with Crippen LogP contribution in [-0.4, -0.2) is 0 Å². The maximum Gasteiger partial charge on any atom is 0.128 e. The van der Waals surface area contributed by atoms with Gasteiger partial charge in [0.2, 0.25) is 0 Å². The molecule has 0 heterocycles. The first kappa shape index (κ1) is 13.3. The lowest BCUT2D eigenvalue weighted by Crippen LogP contribution is -2.14. The highest BCUT2D eigenvalue weighted by atomic mass is 35.5. The molecule has 0 aliphatic rings. The van der Waals surface area contributed by atoms with Crippen molar-refractivity contribution >= 4 is 23.2 Å². The topological polar surface area (TPSA) is 26.0 Å². The third-order valence-electron chi connectivity index (χ3n) is 2.81. The molecule has 2 aromatic carbocycles. The van der Waals surface area contributed by atoms with Crippen LogP contribution in [-0.2, 0) is 0 Å². The maximum absolute atomic E-state index is 13.9. The average Bonchev–Trinajstić information content (AvgIpc) is 2.32. The van der Waals surface area contributed by atoms with Gasteiger partial charge in [0.1, 0.15) is 5.82 Å². The Bertz CT molecular complexity index is 584. The molecule has 2 N–H and O–H groups in total.